The van der Waals surface area contributed by atoms with Gasteiger partial charge < -0.3 is 5.11 Å². The van der Waals surface area contributed by atoms with Crippen molar-refractivity contribution < 1.29 is 9.90 Å². The number of aromatic carboxylic acids is 1. The molecule has 1 aromatic heterocycles. The molecule has 70 valence electrons. The first-order valence-electron chi connectivity index (χ1n) is 4.35. The van der Waals surface area contributed by atoms with Crippen LogP contribution in [0.15, 0.2) is 18.3 Å². The zero-order chi connectivity index (χ0) is 9.84. The van der Waals surface area contributed by atoms with Crippen molar-refractivity contribution in [1.82, 2.24) is 4.98 Å². The second-order valence-electron chi connectivity index (χ2n) is 3.06. The van der Waals surface area contributed by atoms with Crippen molar-refractivity contribution in [2.24, 2.45) is 0 Å². The van der Waals surface area contributed by atoms with Gasteiger partial charge in [-0.3, -0.25) is 0 Å². The van der Waals surface area contributed by atoms with Crippen LogP contribution >= 0.6 is 0 Å². The van der Waals surface area contributed by atoms with Crippen molar-refractivity contribution in [3.05, 3.63) is 29.6 Å². The lowest BCUT2D eigenvalue weighted by Gasteiger charge is -2.10. The first-order chi connectivity index (χ1) is 6.16. The summed E-state index contributed by atoms with van der Waals surface area (Å²) in [5.74, 6) is -0.698. The summed E-state index contributed by atoms with van der Waals surface area (Å²) in [6, 6.07) is 3.60. The molecule has 0 radical (unpaired) electrons. The van der Waals surface area contributed by atoms with Crippen molar-refractivity contribution in [2.45, 2.75) is 26.2 Å². The molecule has 0 aliphatic heterocycles. The lowest BCUT2D eigenvalue weighted by Crippen LogP contribution is -2.07. The summed E-state index contributed by atoms with van der Waals surface area (Å²) in [7, 11) is 0. The average molecular weight is 179 g/mol. The minimum Gasteiger partial charge on any atom is -0.477 e. The van der Waals surface area contributed by atoms with E-state index in [4.69, 9.17) is 5.11 Å². The highest BCUT2D eigenvalue weighted by Crippen LogP contribution is 2.20. The maximum Gasteiger partial charge on any atom is 0.354 e. The molecule has 1 rings (SSSR count). The van der Waals surface area contributed by atoms with E-state index >= 15 is 0 Å². The van der Waals surface area contributed by atoms with Gasteiger partial charge in [0, 0.05) is 6.20 Å². The summed E-state index contributed by atoms with van der Waals surface area (Å²) in [6.45, 7) is 4.03. The van der Waals surface area contributed by atoms with E-state index in [1.54, 1.807) is 6.07 Å². The third-order valence-electron chi connectivity index (χ3n) is 2.18. The van der Waals surface area contributed by atoms with Crippen molar-refractivity contribution in [1.29, 1.82) is 0 Å². The maximum absolute atomic E-state index is 10.8. The number of hydrogen-bond acceptors (Lipinski definition) is 2. The number of hydrogen-bond donors (Lipinski definition) is 1. The largest absolute Gasteiger partial charge is 0.477 e. The summed E-state index contributed by atoms with van der Waals surface area (Å²) in [5, 5.41) is 8.85. The van der Waals surface area contributed by atoms with Crippen molar-refractivity contribution in [3.63, 3.8) is 0 Å². The van der Waals surface area contributed by atoms with Gasteiger partial charge >= 0.3 is 5.97 Å². The van der Waals surface area contributed by atoms with E-state index in [1.165, 1.54) is 6.20 Å². The standard InChI is InChI=1S/C10H13NO2/c1-3-7(2)8-5-4-6-11-9(8)10(12)13/h4-7H,3H2,1-2H3,(H,12,13). The number of carboxylic acids is 1. The van der Waals surface area contributed by atoms with Gasteiger partial charge in [0.2, 0.25) is 0 Å². The third kappa shape index (κ3) is 2.05. The molecule has 13 heavy (non-hydrogen) atoms. The fraction of sp³-hybridized carbons (Fsp3) is 0.400. The molecule has 0 saturated carbocycles. The van der Waals surface area contributed by atoms with Gasteiger partial charge in [-0.2, -0.15) is 0 Å². The Morgan fingerprint density at radius 1 is 1.69 bits per heavy atom. The maximum atomic E-state index is 10.8. The zero-order valence-electron chi connectivity index (χ0n) is 7.82. The first-order valence-corrected chi connectivity index (χ1v) is 4.35. The molecule has 1 N–H and O–H groups in total. The fourth-order valence-electron chi connectivity index (χ4n) is 1.21. The molecule has 1 unspecified atom stereocenters. The Kier molecular flexibility index (Phi) is 3.01. The predicted octanol–water partition coefficient (Wildman–Crippen LogP) is 2.29. The highest BCUT2D eigenvalue weighted by Gasteiger charge is 2.14. The molecule has 1 atom stereocenters. The molecule has 0 aliphatic carbocycles. The number of carbonyl (C=O) groups is 1. The number of carboxylic acid groups (broad SMARTS) is 1. The molecule has 3 nitrogen and oxygen atoms in total. The molecule has 0 amide bonds. The number of rotatable bonds is 3. The molecule has 0 spiro atoms. The monoisotopic (exact) mass is 179 g/mol. The van der Waals surface area contributed by atoms with Crippen LogP contribution in [0.3, 0.4) is 0 Å². The van der Waals surface area contributed by atoms with Gasteiger partial charge in [-0.15, -0.1) is 0 Å². The smallest absolute Gasteiger partial charge is 0.354 e. The van der Waals surface area contributed by atoms with Crippen LogP contribution in [0, 0.1) is 0 Å². The normalized spacial score (nSPS) is 12.5. The van der Waals surface area contributed by atoms with Crippen LogP contribution in [-0.4, -0.2) is 16.1 Å². The molecule has 0 aliphatic rings. The van der Waals surface area contributed by atoms with Crippen molar-refractivity contribution >= 4 is 5.97 Å². The van der Waals surface area contributed by atoms with E-state index in [0.29, 0.717) is 0 Å². The van der Waals surface area contributed by atoms with Gasteiger partial charge in [0.1, 0.15) is 0 Å². The molecule has 1 heterocycles. The van der Waals surface area contributed by atoms with E-state index in [9.17, 15) is 4.79 Å². The summed E-state index contributed by atoms with van der Waals surface area (Å²) in [5.41, 5.74) is 0.995. The Hall–Kier alpha value is -1.38. The Balaban J connectivity index is 3.11. The lowest BCUT2D eigenvalue weighted by molar-refractivity contribution is 0.0688. The number of nitrogens with zero attached hydrogens (tertiary/aromatic N) is 1. The van der Waals surface area contributed by atoms with Crippen LogP contribution in [0.25, 0.3) is 0 Å². The molecular weight excluding hydrogens is 166 g/mol. The summed E-state index contributed by atoms with van der Waals surface area (Å²) in [4.78, 5) is 14.6. The molecule has 0 bridgehead atoms. The summed E-state index contributed by atoms with van der Waals surface area (Å²) >= 11 is 0. The highest BCUT2D eigenvalue weighted by molar-refractivity contribution is 5.87. The Labute approximate surface area is 77.4 Å². The van der Waals surface area contributed by atoms with Crippen LogP contribution in [0.2, 0.25) is 0 Å². The topological polar surface area (TPSA) is 50.2 Å². The quantitative estimate of drug-likeness (QED) is 0.774. The second kappa shape index (κ2) is 4.03. The third-order valence-corrected chi connectivity index (χ3v) is 2.18. The molecule has 3 heteroatoms. The van der Waals surface area contributed by atoms with Gasteiger partial charge in [-0.1, -0.05) is 19.9 Å². The van der Waals surface area contributed by atoms with E-state index < -0.39 is 5.97 Å². The second-order valence-corrected chi connectivity index (χ2v) is 3.06. The Morgan fingerprint density at radius 3 is 2.92 bits per heavy atom. The van der Waals surface area contributed by atoms with E-state index in [2.05, 4.69) is 4.98 Å². The van der Waals surface area contributed by atoms with Crippen LogP contribution in [0.1, 0.15) is 42.2 Å². The van der Waals surface area contributed by atoms with Crippen molar-refractivity contribution in [2.75, 3.05) is 0 Å². The molecule has 0 aromatic carbocycles. The van der Waals surface area contributed by atoms with E-state index in [1.807, 2.05) is 19.9 Å². The SMILES string of the molecule is CCC(C)c1cccnc1C(=O)O. The van der Waals surface area contributed by atoms with Gasteiger partial charge in [0.05, 0.1) is 0 Å². The number of aromatic nitrogens is 1. The molecule has 0 saturated heterocycles. The van der Waals surface area contributed by atoms with Gasteiger partial charge in [0.15, 0.2) is 5.69 Å². The average Bonchev–Trinajstić information content (AvgIpc) is 2.16. The van der Waals surface area contributed by atoms with Crippen LogP contribution in [0.5, 0.6) is 0 Å². The minimum absolute atomic E-state index is 0.178. The summed E-state index contributed by atoms with van der Waals surface area (Å²) < 4.78 is 0. The number of pyridine rings is 1. The zero-order valence-corrected chi connectivity index (χ0v) is 7.82. The lowest BCUT2D eigenvalue weighted by atomic mass is 9.97. The fourth-order valence-corrected chi connectivity index (χ4v) is 1.21. The van der Waals surface area contributed by atoms with Gasteiger partial charge in [-0.25, -0.2) is 9.78 Å². The van der Waals surface area contributed by atoms with E-state index in [-0.39, 0.29) is 11.6 Å². The minimum atomic E-state index is -0.948. The van der Waals surface area contributed by atoms with Crippen LogP contribution < -0.4 is 0 Å². The first kappa shape index (κ1) is 9.71. The van der Waals surface area contributed by atoms with Gasteiger partial charge in [0.25, 0.3) is 0 Å². The molecule has 1 aromatic rings. The van der Waals surface area contributed by atoms with Crippen LogP contribution in [-0.2, 0) is 0 Å². The molecular formula is C10H13NO2. The van der Waals surface area contributed by atoms with Crippen LogP contribution in [0.4, 0.5) is 0 Å². The Morgan fingerprint density at radius 2 is 2.38 bits per heavy atom. The van der Waals surface area contributed by atoms with Gasteiger partial charge in [-0.05, 0) is 24.0 Å². The van der Waals surface area contributed by atoms with E-state index in [0.717, 1.165) is 12.0 Å². The highest BCUT2D eigenvalue weighted by atomic mass is 16.4. The summed E-state index contributed by atoms with van der Waals surface area (Å²) in [6.07, 6.45) is 2.43. The van der Waals surface area contributed by atoms with Crippen molar-refractivity contribution in [3.8, 4) is 0 Å². The molecule has 0 fully saturated rings. The Bertz CT molecular complexity index is 310. The predicted molar refractivity (Wildman–Crippen MR) is 49.9 cm³/mol.